The fourth-order valence-electron chi connectivity index (χ4n) is 3.71. The van der Waals surface area contributed by atoms with E-state index in [0.29, 0.717) is 35.5 Å². The molecule has 180 valence electrons. The molecule has 0 radical (unpaired) electrons. The van der Waals surface area contributed by atoms with Crippen LogP contribution < -0.4 is 5.73 Å². The van der Waals surface area contributed by atoms with Gasteiger partial charge in [0.1, 0.15) is 5.84 Å². The average molecular weight is 452 g/mol. The zero-order valence-electron chi connectivity index (χ0n) is 21.8. The molecular weight excluding hydrogens is 410 g/mol. The Balaban J connectivity index is 0.000000890. The fourth-order valence-corrected chi connectivity index (χ4v) is 3.71. The number of nitrogens with one attached hydrogen (secondary N) is 2. The fraction of sp³-hybridized carbons (Fsp3) is 0.577. The molecule has 1 aliphatic carbocycles. The highest BCUT2D eigenvalue weighted by atomic mass is 15.1. The molecule has 0 unspecified atom stereocenters. The highest BCUT2D eigenvalue weighted by molar-refractivity contribution is 6.65. The van der Waals surface area contributed by atoms with Crippen LogP contribution in [-0.2, 0) is 0 Å². The summed E-state index contributed by atoms with van der Waals surface area (Å²) in [6, 6.07) is 0. The predicted octanol–water partition coefficient (Wildman–Crippen LogP) is 4.98. The van der Waals surface area contributed by atoms with E-state index < -0.39 is 0 Å². The van der Waals surface area contributed by atoms with Gasteiger partial charge in [-0.25, -0.2) is 9.97 Å². The van der Waals surface area contributed by atoms with E-state index in [9.17, 15) is 0 Å². The van der Waals surface area contributed by atoms with Crippen LogP contribution in [0.3, 0.4) is 0 Å². The Morgan fingerprint density at radius 1 is 1.12 bits per heavy atom. The minimum atomic E-state index is -0.129. The van der Waals surface area contributed by atoms with E-state index in [4.69, 9.17) is 26.5 Å². The molecule has 0 saturated heterocycles. The molecule has 0 spiro atoms. The van der Waals surface area contributed by atoms with Crippen LogP contribution in [0.5, 0.6) is 0 Å². The standard InChI is InChI=1S/C22H31N7.C4H10/c1-11(2)15-9-27-22(28-12(15)3)18-16(14-7-8-14)10-26-20(18)19(23)17(21(24)25)13(4)29(5)6;1-4(2)3/h9,11,14,23H,7-8,10H2,1-6H3,(H3,24,25);4H,1-3H3/b17-13-,23-19?;. The maximum absolute atomic E-state index is 8.87. The van der Waals surface area contributed by atoms with E-state index in [-0.39, 0.29) is 11.5 Å². The zero-order chi connectivity index (χ0) is 25.0. The minimum absolute atomic E-state index is 0.129. The summed E-state index contributed by atoms with van der Waals surface area (Å²) in [4.78, 5) is 16.0. The zero-order valence-corrected chi connectivity index (χ0v) is 21.8. The number of allylic oxidation sites excluding steroid dienone is 2. The van der Waals surface area contributed by atoms with Crippen molar-refractivity contribution in [2.24, 2.45) is 22.6 Å². The van der Waals surface area contributed by atoms with Crippen molar-refractivity contribution in [1.82, 2.24) is 14.9 Å². The molecule has 4 N–H and O–H groups in total. The lowest BCUT2D eigenvalue weighted by Crippen LogP contribution is -2.30. The summed E-state index contributed by atoms with van der Waals surface area (Å²) in [5.41, 5.74) is 11.9. The number of aromatic nitrogens is 2. The van der Waals surface area contributed by atoms with Crippen molar-refractivity contribution < 1.29 is 0 Å². The number of hydrogen-bond acceptors (Lipinski definition) is 6. The van der Waals surface area contributed by atoms with E-state index in [1.165, 1.54) is 5.57 Å². The normalized spacial score (nSPS) is 16.4. The van der Waals surface area contributed by atoms with Gasteiger partial charge in [0.2, 0.25) is 0 Å². The number of rotatable bonds is 7. The second-order valence-electron chi connectivity index (χ2n) is 10.1. The number of amidine groups is 1. The molecular formula is C26H41N7. The third-order valence-corrected chi connectivity index (χ3v) is 5.69. The number of aliphatic imine (C=N–C) groups is 1. The molecule has 3 rings (SSSR count). The molecule has 0 aromatic carbocycles. The molecule has 0 amide bonds. The number of nitrogens with zero attached hydrogens (tertiary/aromatic N) is 4. The van der Waals surface area contributed by atoms with Crippen LogP contribution in [0.25, 0.3) is 5.57 Å². The van der Waals surface area contributed by atoms with Crippen LogP contribution in [0.4, 0.5) is 0 Å². The summed E-state index contributed by atoms with van der Waals surface area (Å²) in [5, 5.41) is 16.9. The van der Waals surface area contributed by atoms with E-state index in [1.54, 1.807) is 0 Å². The average Bonchev–Trinajstić information content (AvgIpc) is 3.44. The first-order valence-corrected chi connectivity index (χ1v) is 11.8. The van der Waals surface area contributed by atoms with E-state index in [1.807, 2.05) is 39.0 Å². The molecule has 7 nitrogen and oxygen atoms in total. The van der Waals surface area contributed by atoms with Crippen molar-refractivity contribution in [3.63, 3.8) is 0 Å². The van der Waals surface area contributed by atoms with Crippen molar-refractivity contribution in [1.29, 1.82) is 10.8 Å². The Bertz CT molecular complexity index is 1000. The second-order valence-corrected chi connectivity index (χ2v) is 10.1. The maximum Gasteiger partial charge on any atom is 0.161 e. The number of hydrogen-bond donors (Lipinski definition) is 3. The first kappa shape index (κ1) is 26.4. The quantitative estimate of drug-likeness (QED) is 0.400. The number of aryl methyl sites for hydroxylation is 1. The number of nitrogens with two attached hydrogens (primary N) is 1. The lowest BCUT2D eigenvalue weighted by molar-refractivity contribution is 0.512. The van der Waals surface area contributed by atoms with Gasteiger partial charge in [0.05, 0.1) is 23.5 Å². The maximum atomic E-state index is 8.87. The summed E-state index contributed by atoms with van der Waals surface area (Å²) < 4.78 is 0. The van der Waals surface area contributed by atoms with Gasteiger partial charge in [-0.3, -0.25) is 15.8 Å². The molecule has 7 heteroatoms. The molecule has 1 fully saturated rings. The molecule has 2 aliphatic rings. The third-order valence-electron chi connectivity index (χ3n) is 5.69. The smallest absolute Gasteiger partial charge is 0.161 e. The molecule has 1 aromatic rings. The van der Waals surface area contributed by atoms with Crippen LogP contribution in [0.1, 0.15) is 77.4 Å². The molecule has 0 bridgehead atoms. The van der Waals surface area contributed by atoms with Crippen LogP contribution in [0.2, 0.25) is 0 Å². The van der Waals surface area contributed by atoms with Gasteiger partial charge in [-0.2, -0.15) is 0 Å². The molecule has 2 heterocycles. The minimum Gasteiger partial charge on any atom is -0.384 e. The summed E-state index contributed by atoms with van der Waals surface area (Å²) >= 11 is 0. The molecule has 33 heavy (non-hydrogen) atoms. The van der Waals surface area contributed by atoms with Gasteiger partial charge < -0.3 is 10.6 Å². The summed E-state index contributed by atoms with van der Waals surface area (Å²) in [7, 11) is 3.76. The van der Waals surface area contributed by atoms with E-state index in [2.05, 4.69) is 39.6 Å². The second kappa shape index (κ2) is 10.9. The Labute approximate surface area is 199 Å². The van der Waals surface area contributed by atoms with Crippen molar-refractivity contribution in [2.45, 2.75) is 67.2 Å². The van der Waals surface area contributed by atoms with Crippen LogP contribution >= 0.6 is 0 Å². The monoisotopic (exact) mass is 451 g/mol. The van der Waals surface area contributed by atoms with Crippen molar-refractivity contribution in [2.75, 3.05) is 20.6 Å². The Morgan fingerprint density at radius 2 is 1.70 bits per heavy atom. The van der Waals surface area contributed by atoms with E-state index >= 15 is 0 Å². The Hall–Kier alpha value is -2.83. The van der Waals surface area contributed by atoms with Crippen LogP contribution in [-0.4, -0.2) is 52.8 Å². The molecule has 0 atom stereocenters. The van der Waals surface area contributed by atoms with Gasteiger partial charge in [-0.15, -0.1) is 0 Å². The lowest BCUT2D eigenvalue weighted by Gasteiger charge is -2.20. The SMILES string of the molecule is C/C(=C(/C(=N)N)C(=N)C1=NCC(C2CC2)=C1c1ncc(C(C)C)c(C)n1)N(C)C.CC(C)C. The molecule has 1 aromatic heterocycles. The summed E-state index contributed by atoms with van der Waals surface area (Å²) in [5.74, 6) is 2.17. The van der Waals surface area contributed by atoms with Crippen LogP contribution in [0, 0.1) is 29.6 Å². The topological polar surface area (TPSA) is 115 Å². The van der Waals surface area contributed by atoms with Crippen molar-refractivity contribution >= 4 is 22.8 Å². The Morgan fingerprint density at radius 3 is 2.12 bits per heavy atom. The highest BCUT2D eigenvalue weighted by Crippen LogP contribution is 2.43. The predicted molar refractivity (Wildman–Crippen MR) is 139 cm³/mol. The van der Waals surface area contributed by atoms with E-state index in [0.717, 1.165) is 41.3 Å². The van der Waals surface area contributed by atoms with Crippen molar-refractivity contribution in [3.8, 4) is 0 Å². The first-order chi connectivity index (χ1) is 15.4. The third kappa shape index (κ3) is 6.36. The van der Waals surface area contributed by atoms with Crippen molar-refractivity contribution in [3.05, 3.63) is 40.1 Å². The highest BCUT2D eigenvalue weighted by Gasteiger charge is 2.36. The molecule has 1 aliphatic heterocycles. The Kier molecular flexibility index (Phi) is 8.69. The van der Waals surface area contributed by atoms with Gasteiger partial charge in [0.15, 0.2) is 5.82 Å². The van der Waals surface area contributed by atoms with Gasteiger partial charge in [0.25, 0.3) is 0 Å². The summed E-state index contributed by atoms with van der Waals surface area (Å²) in [6.45, 7) is 15.2. The van der Waals surface area contributed by atoms with Gasteiger partial charge in [0, 0.05) is 37.3 Å². The lowest BCUT2D eigenvalue weighted by atomic mass is 9.93. The summed E-state index contributed by atoms with van der Waals surface area (Å²) in [6.07, 6.45) is 4.18. The van der Waals surface area contributed by atoms with Gasteiger partial charge in [-0.1, -0.05) is 34.6 Å². The first-order valence-electron chi connectivity index (χ1n) is 11.8. The van der Waals surface area contributed by atoms with Gasteiger partial charge >= 0.3 is 0 Å². The molecule has 1 saturated carbocycles. The largest absolute Gasteiger partial charge is 0.384 e. The van der Waals surface area contributed by atoms with Crippen LogP contribution in [0.15, 0.2) is 28.0 Å². The van der Waals surface area contributed by atoms with Gasteiger partial charge in [-0.05, 0) is 55.6 Å².